The van der Waals surface area contributed by atoms with E-state index in [1.807, 2.05) is 5.01 Å². The van der Waals surface area contributed by atoms with Gasteiger partial charge in [0.2, 0.25) is 0 Å². The van der Waals surface area contributed by atoms with E-state index in [0.717, 1.165) is 30.3 Å². The molecule has 5 rings (SSSR count). The normalized spacial score (nSPS) is 18.9. The second-order valence-electron chi connectivity index (χ2n) is 10.1. The van der Waals surface area contributed by atoms with Gasteiger partial charge in [0.1, 0.15) is 18.5 Å². The van der Waals surface area contributed by atoms with Crippen molar-refractivity contribution in [3.63, 3.8) is 0 Å². The van der Waals surface area contributed by atoms with Crippen molar-refractivity contribution in [3.05, 3.63) is 59.1 Å². The van der Waals surface area contributed by atoms with E-state index in [0.29, 0.717) is 23.5 Å². The van der Waals surface area contributed by atoms with Crippen molar-refractivity contribution >= 4 is 44.1 Å². The highest BCUT2D eigenvalue weighted by atomic mass is 35.5. The summed E-state index contributed by atoms with van der Waals surface area (Å²) in [5.41, 5.74) is 0.735. The largest absolute Gasteiger partial charge is 0.388 e. The molecule has 1 unspecified atom stereocenters. The molecule has 1 fully saturated rings. The number of carbonyl (C=O) groups excluding carboxylic acids is 2. The molecule has 2 atom stereocenters. The summed E-state index contributed by atoms with van der Waals surface area (Å²) in [6.07, 6.45) is 2.50. The van der Waals surface area contributed by atoms with Crippen molar-refractivity contribution in [2.75, 3.05) is 31.9 Å². The number of rotatable bonds is 9. The predicted octanol–water partition coefficient (Wildman–Crippen LogP) is 2.59. The van der Waals surface area contributed by atoms with Gasteiger partial charge in [0.05, 0.1) is 28.6 Å². The number of imidazole rings is 1. The summed E-state index contributed by atoms with van der Waals surface area (Å²) in [6, 6.07) is 9.19. The van der Waals surface area contributed by atoms with E-state index in [4.69, 9.17) is 11.6 Å². The standard InChI is InChI=1S/C27H32ClN5O6S/c1-2-3-4-22-23-15-29-25(16-34)32(23)27(37)33(22)31-11-9-30(10-12-31)26(36)24(35)17-40(38,39)21-8-6-18-13-20(28)7-5-19(18)14-21/h5-8,13-15,22,24,34-35H,2-4,9-12,16-17H2,1H3/t22?,24-/m1/s1. The molecule has 0 saturated carbocycles. The minimum absolute atomic E-state index is 0.0188. The lowest BCUT2D eigenvalue weighted by Crippen LogP contribution is -2.57. The Balaban J connectivity index is 1.23. The molecule has 214 valence electrons. The van der Waals surface area contributed by atoms with Gasteiger partial charge in [-0.25, -0.2) is 32.8 Å². The van der Waals surface area contributed by atoms with Gasteiger partial charge in [-0.2, -0.15) is 0 Å². The molecular weight excluding hydrogens is 558 g/mol. The van der Waals surface area contributed by atoms with E-state index in [2.05, 4.69) is 11.9 Å². The topological polar surface area (TPSA) is 136 Å². The molecule has 2 amide bonds. The summed E-state index contributed by atoms with van der Waals surface area (Å²) in [5, 5.41) is 25.8. The Morgan fingerprint density at radius 1 is 1.12 bits per heavy atom. The zero-order valence-corrected chi connectivity index (χ0v) is 23.7. The van der Waals surface area contributed by atoms with Crippen molar-refractivity contribution in [1.82, 2.24) is 24.5 Å². The van der Waals surface area contributed by atoms with Gasteiger partial charge in [0.25, 0.3) is 5.91 Å². The van der Waals surface area contributed by atoms with Gasteiger partial charge in [-0.1, -0.05) is 43.5 Å². The molecule has 2 aromatic carbocycles. The zero-order valence-electron chi connectivity index (χ0n) is 22.1. The molecule has 3 heterocycles. The van der Waals surface area contributed by atoms with E-state index in [9.17, 15) is 28.2 Å². The molecule has 0 spiro atoms. The fourth-order valence-electron chi connectivity index (χ4n) is 5.43. The van der Waals surface area contributed by atoms with Crippen LogP contribution in [0.25, 0.3) is 10.8 Å². The molecule has 0 bridgehead atoms. The molecule has 1 aromatic heterocycles. The van der Waals surface area contributed by atoms with Crippen molar-refractivity contribution in [2.45, 2.75) is 49.8 Å². The summed E-state index contributed by atoms with van der Waals surface area (Å²) < 4.78 is 27.5. The van der Waals surface area contributed by atoms with Crippen LogP contribution in [0.5, 0.6) is 0 Å². The molecular formula is C27H32ClN5O6S. The van der Waals surface area contributed by atoms with Gasteiger partial charge in [0.15, 0.2) is 9.84 Å². The summed E-state index contributed by atoms with van der Waals surface area (Å²) in [5.74, 6) is -1.11. The first-order chi connectivity index (χ1) is 19.1. The van der Waals surface area contributed by atoms with Crippen LogP contribution in [-0.4, -0.2) is 93.1 Å². The van der Waals surface area contributed by atoms with E-state index < -0.39 is 27.6 Å². The fraction of sp³-hybridized carbons (Fsp3) is 0.444. The third-order valence-corrected chi connectivity index (χ3v) is 9.49. The maximum absolute atomic E-state index is 13.3. The number of piperazine rings is 1. The van der Waals surface area contributed by atoms with Crippen LogP contribution in [0, 0.1) is 0 Å². The summed E-state index contributed by atoms with van der Waals surface area (Å²) in [4.78, 5) is 32.0. The Morgan fingerprint density at radius 3 is 2.52 bits per heavy atom. The number of halogens is 1. The minimum atomic E-state index is -3.95. The Bertz CT molecular complexity index is 1540. The highest BCUT2D eigenvalue weighted by Crippen LogP contribution is 2.36. The van der Waals surface area contributed by atoms with Gasteiger partial charge in [-0.15, -0.1) is 0 Å². The molecule has 2 aliphatic rings. The highest BCUT2D eigenvalue weighted by molar-refractivity contribution is 7.91. The van der Waals surface area contributed by atoms with Crippen LogP contribution in [0.1, 0.15) is 43.7 Å². The lowest BCUT2D eigenvalue weighted by atomic mass is 10.1. The number of aliphatic hydroxyl groups is 2. The zero-order chi connectivity index (χ0) is 28.6. The van der Waals surface area contributed by atoms with Gasteiger partial charge in [-0.3, -0.25) is 4.79 Å². The predicted molar refractivity (Wildman–Crippen MR) is 148 cm³/mol. The number of sulfone groups is 1. The highest BCUT2D eigenvalue weighted by Gasteiger charge is 2.43. The summed E-state index contributed by atoms with van der Waals surface area (Å²) in [6.45, 7) is 2.83. The number of aromatic nitrogens is 2. The number of fused-ring (bicyclic) bond motifs is 2. The minimum Gasteiger partial charge on any atom is -0.388 e. The number of amides is 2. The van der Waals surface area contributed by atoms with Crippen molar-refractivity contribution in [3.8, 4) is 0 Å². The number of unbranched alkanes of at least 4 members (excludes halogenated alkanes) is 1. The van der Waals surface area contributed by atoms with Crippen LogP contribution in [0.2, 0.25) is 5.02 Å². The number of carbonyl (C=O) groups is 2. The van der Waals surface area contributed by atoms with Crippen LogP contribution in [-0.2, 0) is 21.2 Å². The average molecular weight is 590 g/mol. The monoisotopic (exact) mass is 589 g/mol. The van der Waals surface area contributed by atoms with E-state index >= 15 is 0 Å². The van der Waals surface area contributed by atoms with Crippen LogP contribution in [0.15, 0.2) is 47.5 Å². The number of hydrazine groups is 1. The molecule has 0 aliphatic carbocycles. The summed E-state index contributed by atoms with van der Waals surface area (Å²) in [7, 11) is -3.95. The Hall–Kier alpha value is -3.03. The summed E-state index contributed by atoms with van der Waals surface area (Å²) >= 11 is 6.01. The molecule has 11 nitrogen and oxygen atoms in total. The molecule has 3 aromatic rings. The van der Waals surface area contributed by atoms with E-state index in [1.54, 1.807) is 35.5 Å². The fourth-order valence-corrected chi connectivity index (χ4v) is 6.94. The first-order valence-corrected chi connectivity index (χ1v) is 15.3. The van der Waals surface area contributed by atoms with Crippen LogP contribution in [0.3, 0.4) is 0 Å². The smallest absolute Gasteiger partial charge is 0.345 e. The lowest BCUT2D eigenvalue weighted by Gasteiger charge is -2.41. The number of benzene rings is 2. The third-order valence-electron chi connectivity index (χ3n) is 7.53. The SMILES string of the molecule is CCCCC1c2cnc(CO)n2C(=O)N1N1CCN(C(=O)[C@H](O)CS(=O)(=O)c2ccc3cc(Cl)ccc3c2)CC1. The quantitative estimate of drug-likeness (QED) is 0.389. The molecule has 2 N–H and O–H groups in total. The van der Waals surface area contributed by atoms with Crippen molar-refractivity contribution in [1.29, 1.82) is 0 Å². The molecule has 1 saturated heterocycles. The molecule has 2 aliphatic heterocycles. The molecule has 0 radical (unpaired) electrons. The maximum Gasteiger partial charge on any atom is 0.345 e. The van der Waals surface area contributed by atoms with Crippen LogP contribution in [0.4, 0.5) is 4.79 Å². The Morgan fingerprint density at radius 2 is 1.82 bits per heavy atom. The Labute approximate surface area is 237 Å². The van der Waals surface area contributed by atoms with Crippen LogP contribution < -0.4 is 0 Å². The van der Waals surface area contributed by atoms with Crippen molar-refractivity contribution < 1.29 is 28.2 Å². The number of hydrogen-bond donors (Lipinski definition) is 2. The number of nitrogens with zero attached hydrogens (tertiary/aromatic N) is 5. The van der Waals surface area contributed by atoms with Crippen LogP contribution >= 0.6 is 11.6 Å². The second kappa shape index (κ2) is 11.5. The van der Waals surface area contributed by atoms with Gasteiger partial charge < -0.3 is 15.1 Å². The second-order valence-corrected chi connectivity index (χ2v) is 12.6. The molecule has 40 heavy (non-hydrogen) atoms. The third kappa shape index (κ3) is 5.34. The number of aliphatic hydroxyl groups excluding tert-OH is 2. The lowest BCUT2D eigenvalue weighted by molar-refractivity contribution is -0.143. The van der Waals surface area contributed by atoms with Crippen molar-refractivity contribution in [2.24, 2.45) is 0 Å². The maximum atomic E-state index is 13.3. The van der Waals surface area contributed by atoms with E-state index in [-0.39, 0.29) is 42.5 Å². The number of hydrogen-bond acceptors (Lipinski definition) is 8. The first kappa shape index (κ1) is 28.5. The van der Waals surface area contributed by atoms with E-state index in [1.165, 1.54) is 21.6 Å². The van der Waals surface area contributed by atoms with Gasteiger partial charge in [0, 0.05) is 31.2 Å². The first-order valence-electron chi connectivity index (χ1n) is 13.3. The van der Waals surface area contributed by atoms with Gasteiger partial charge >= 0.3 is 6.03 Å². The average Bonchev–Trinajstić information content (AvgIpc) is 3.49. The molecule has 13 heteroatoms. The Kier molecular flexibility index (Phi) is 8.16. The van der Waals surface area contributed by atoms with Gasteiger partial charge in [-0.05, 0) is 41.5 Å².